The predicted octanol–water partition coefficient (Wildman–Crippen LogP) is 11.5. The van der Waals surface area contributed by atoms with Gasteiger partial charge in [0.2, 0.25) is 0 Å². The summed E-state index contributed by atoms with van der Waals surface area (Å²) in [6, 6.07) is 27.3. The Balaban J connectivity index is 1.10. The molecule has 1 aliphatic carbocycles. The molecule has 4 aromatic carbocycles. The van der Waals surface area contributed by atoms with Crippen molar-refractivity contribution >= 4 is 22.5 Å². The molecule has 51 heavy (non-hydrogen) atoms. The van der Waals surface area contributed by atoms with Crippen LogP contribution in [0.4, 0.5) is 5.69 Å². The third-order valence-electron chi connectivity index (χ3n) is 11.0. The number of amides is 1. The molecule has 1 amide bonds. The van der Waals surface area contributed by atoms with Crippen molar-refractivity contribution in [3.8, 4) is 28.4 Å². The molecule has 2 N–H and O–H groups in total. The van der Waals surface area contributed by atoms with E-state index in [0.29, 0.717) is 22.9 Å². The van der Waals surface area contributed by atoms with Gasteiger partial charge in [0.05, 0.1) is 0 Å². The Hall–Kier alpha value is -4.55. The minimum atomic E-state index is -0.227. The summed E-state index contributed by atoms with van der Waals surface area (Å²) in [7, 11) is 0. The van der Waals surface area contributed by atoms with Gasteiger partial charge in [-0.1, -0.05) is 63.9 Å². The molecule has 5 aromatic rings. The second-order valence-corrected chi connectivity index (χ2v) is 14.6. The highest BCUT2D eigenvalue weighted by Gasteiger charge is 2.26. The van der Waals surface area contributed by atoms with E-state index in [1.165, 1.54) is 60.9 Å². The predicted molar refractivity (Wildman–Crippen MR) is 211 cm³/mol. The lowest BCUT2D eigenvalue weighted by Gasteiger charge is -2.29. The molecule has 1 heterocycles. The van der Waals surface area contributed by atoms with E-state index in [1.54, 1.807) is 18.2 Å². The Kier molecular flexibility index (Phi) is 11.8. The average Bonchev–Trinajstić information content (AvgIpc) is 3.34. The van der Waals surface area contributed by atoms with Crippen LogP contribution in [0.2, 0.25) is 0 Å². The maximum atomic E-state index is 13.3. The van der Waals surface area contributed by atoms with E-state index in [2.05, 4.69) is 61.5 Å². The number of ether oxygens (including phenoxy) is 1. The molecule has 1 fully saturated rings. The number of rotatable bonds is 16. The third-order valence-corrected chi connectivity index (χ3v) is 11.0. The normalized spacial score (nSPS) is 13.8. The summed E-state index contributed by atoms with van der Waals surface area (Å²) in [5.74, 6) is 2.58. The molecule has 0 saturated heterocycles. The quantitative estimate of drug-likeness (QED) is 0.108. The van der Waals surface area contributed by atoms with Gasteiger partial charge in [0.25, 0.3) is 5.91 Å². The topological polar surface area (TPSA) is 66.7 Å². The number of carbonyl (C=O) groups excluding carboxylic acids is 1. The summed E-state index contributed by atoms with van der Waals surface area (Å²) in [6.07, 6.45) is 8.21. The molecule has 6 rings (SSSR count). The van der Waals surface area contributed by atoms with Gasteiger partial charge in [-0.3, -0.25) is 4.79 Å². The number of benzene rings is 4. The first-order valence-corrected chi connectivity index (χ1v) is 19.1. The van der Waals surface area contributed by atoms with Crippen LogP contribution < -0.4 is 10.1 Å². The van der Waals surface area contributed by atoms with E-state index >= 15 is 0 Å². The Bertz CT molecular complexity index is 1920. The molecule has 0 aliphatic heterocycles. The lowest BCUT2D eigenvalue weighted by molar-refractivity contribution is 0.102. The number of hydrogen-bond acceptors (Lipinski definition) is 4. The minimum Gasteiger partial charge on any atom is -0.507 e. The molecule has 1 atom stereocenters. The molecule has 1 saturated carbocycles. The Morgan fingerprint density at radius 3 is 2.37 bits per heavy atom. The highest BCUT2D eigenvalue weighted by molar-refractivity contribution is 6.04. The van der Waals surface area contributed by atoms with Crippen LogP contribution in [0.25, 0.3) is 22.0 Å². The molecule has 6 heteroatoms. The highest BCUT2D eigenvalue weighted by Crippen LogP contribution is 2.46. The number of anilines is 1. The molecular formula is C45H55N3O3. The van der Waals surface area contributed by atoms with Crippen LogP contribution in [-0.4, -0.2) is 40.1 Å². The van der Waals surface area contributed by atoms with Crippen LogP contribution in [0.15, 0.2) is 84.9 Å². The largest absolute Gasteiger partial charge is 0.507 e. The zero-order valence-electron chi connectivity index (χ0n) is 31.2. The lowest BCUT2D eigenvalue weighted by atomic mass is 9.76. The number of carbonyl (C=O) groups is 1. The van der Waals surface area contributed by atoms with Crippen molar-refractivity contribution in [3.05, 3.63) is 107 Å². The molecule has 1 aromatic heterocycles. The van der Waals surface area contributed by atoms with Gasteiger partial charge < -0.3 is 24.6 Å². The molecule has 1 aliphatic rings. The van der Waals surface area contributed by atoms with Gasteiger partial charge in [-0.25, -0.2) is 0 Å². The molecule has 0 bridgehead atoms. The van der Waals surface area contributed by atoms with Crippen LogP contribution in [0.3, 0.4) is 0 Å². The Morgan fingerprint density at radius 2 is 1.69 bits per heavy atom. The summed E-state index contributed by atoms with van der Waals surface area (Å²) in [4.78, 5) is 16.0. The first kappa shape index (κ1) is 36.2. The van der Waals surface area contributed by atoms with Crippen molar-refractivity contribution in [1.29, 1.82) is 0 Å². The number of nitrogens with zero attached hydrogens (tertiary/aromatic N) is 2. The summed E-state index contributed by atoms with van der Waals surface area (Å²) >= 11 is 0. The smallest absolute Gasteiger partial charge is 0.255 e. The maximum Gasteiger partial charge on any atom is 0.255 e. The van der Waals surface area contributed by atoms with Crippen LogP contribution >= 0.6 is 0 Å². The second-order valence-electron chi connectivity index (χ2n) is 14.6. The number of hydrogen-bond donors (Lipinski definition) is 2. The number of aryl methyl sites for hydroxylation is 2. The lowest BCUT2D eigenvalue weighted by Crippen LogP contribution is -2.28. The first-order chi connectivity index (χ1) is 24.7. The Labute approximate surface area is 304 Å². The second kappa shape index (κ2) is 16.6. The number of phenolic OH excluding ortho intramolecular Hbond substituents is 1. The van der Waals surface area contributed by atoms with E-state index in [0.717, 1.165) is 60.7 Å². The van der Waals surface area contributed by atoms with Gasteiger partial charge in [-0.15, -0.1) is 0 Å². The highest BCUT2D eigenvalue weighted by atomic mass is 16.5. The fourth-order valence-corrected chi connectivity index (χ4v) is 7.39. The maximum absolute atomic E-state index is 13.3. The minimum absolute atomic E-state index is 0.188. The van der Waals surface area contributed by atoms with Crippen molar-refractivity contribution in [2.75, 3.05) is 25.0 Å². The SMILES string of the molecule is CCCN(CCCn1c(C)c(C)c2cc(Oc3ccc(C(=O)Nc4cc(O)c(-c5ccccc5)c(C5CCC5)c4)cc3)ccc21)CCC(C)CC. The van der Waals surface area contributed by atoms with Crippen molar-refractivity contribution in [2.45, 2.75) is 92.0 Å². The van der Waals surface area contributed by atoms with Crippen LogP contribution in [0, 0.1) is 19.8 Å². The van der Waals surface area contributed by atoms with Crippen LogP contribution in [0.5, 0.6) is 17.2 Å². The Morgan fingerprint density at radius 1 is 0.941 bits per heavy atom. The molecule has 0 radical (unpaired) electrons. The summed E-state index contributed by atoms with van der Waals surface area (Å²) in [5, 5.41) is 15.3. The standard InChI is InChI=1S/C45H55N3O3/c1-6-24-47(27-23-31(3)7-2)25-12-26-48-33(5)32(4)40-30-39(21-22-42(40)48)51-38-19-17-36(18-20-38)45(50)46-37-28-41(34-15-11-16-34)44(43(49)29-37)35-13-9-8-10-14-35/h8-10,13-14,17-22,28-31,34,49H,6-7,11-12,15-16,23-27H2,1-5H3,(H,46,50). The molecule has 1 unspecified atom stereocenters. The van der Waals surface area contributed by atoms with Crippen LogP contribution in [0.1, 0.15) is 98.8 Å². The number of aromatic nitrogens is 1. The first-order valence-electron chi connectivity index (χ1n) is 19.1. The number of fused-ring (bicyclic) bond motifs is 1. The number of aromatic hydroxyl groups is 1. The summed E-state index contributed by atoms with van der Waals surface area (Å²) < 4.78 is 8.75. The molecule has 6 nitrogen and oxygen atoms in total. The zero-order chi connectivity index (χ0) is 35.9. The molecular weight excluding hydrogens is 631 g/mol. The fourth-order valence-electron chi connectivity index (χ4n) is 7.39. The van der Waals surface area contributed by atoms with Gasteiger partial charge >= 0.3 is 0 Å². The number of nitrogens with one attached hydrogen (secondary N) is 1. The van der Waals surface area contributed by atoms with Crippen molar-refractivity contribution in [3.63, 3.8) is 0 Å². The van der Waals surface area contributed by atoms with E-state index in [1.807, 2.05) is 54.6 Å². The van der Waals surface area contributed by atoms with E-state index in [-0.39, 0.29) is 11.7 Å². The van der Waals surface area contributed by atoms with Gasteiger partial charge in [-0.05, 0) is 143 Å². The summed E-state index contributed by atoms with van der Waals surface area (Å²) in [5.41, 5.74) is 7.91. The van der Waals surface area contributed by atoms with Gasteiger partial charge in [-0.2, -0.15) is 0 Å². The molecule has 0 spiro atoms. The van der Waals surface area contributed by atoms with Gasteiger partial charge in [0, 0.05) is 46.0 Å². The monoisotopic (exact) mass is 685 g/mol. The molecule has 268 valence electrons. The van der Waals surface area contributed by atoms with E-state index < -0.39 is 0 Å². The van der Waals surface area contributed by atoms with E-state index in [4.69, 9.17) is 4.74 Å². The average molecular weight is 686 g/mol. The van der Waals surface area contributed by atoms with Crippen LogP contribution in [-0.2, 0) is 6.54 Å². The zero-order valence-corrected chi connectivity index (χ0v) is 31.2. The van der Waals surface area contributed by atoms with Crippen molar-refractivity contribution in [2.24, 2.45) is 5.92 Å². The van der Waals surface area contributed by atoms with E-state index in [9.17, 15) is 9.90 Å². The van der Waals surface area contributed by atoms with Gasteiger partial charge in [0.1, 0.15) is 17.2 Å². The van der Waals surface area contributed by atoms with Crippen molar-refractivity contribution in [1.82, 2.24) is 9.47 Å². The fraction of sp³-hybridized carbons (Fsp3) is 0.400. The van der Waals surface area contributed by atoms with Gasteiger partial charge in [0.15, 0.2) is 0 Å². The number of phenols is 1. The third kappa shape index (κ3) is 8.50. The summed E-state index contributed by atoms with van der Waals surface area (Å²) in [6.45, 7) is 15.8. The van der Waals surface area contributed by atoms with Crippen molar-refractivity contribution < 1.29 is 14.6 Å².